The molecule has 0 heterocycles. The molecule has 0 bridgehead atoms. The highest BCUT2D eigenvalue weighted by molar-refractivity contribution is 9.10. The van der Waals surface area contributed by atoms with Gasteiger partial charge < -0.3 is 5.11 Å². The van der Waals surface area contributed by atoms with Gasteiger partial charge in [0.25, 0.3) is 0 Å². The lowest BCUT2D eigenvalue weighted by molar-refractivity contribution is 0.157. The highest BCUT2D eigenvalue weighted by Gasteiger charge is 2.17. The number of aliphatic hydroxyl groups is 1. The van der Waals surface area contributed by atoms with Gasteiger partial charge in [-0.2, -0.15) is 0 Å². The SMILES string of the molecule is CC(O)C(CCc1ccccc1)c1ccc(Br)cc1. The van der Waals surface area contributed by atoms with Gasteiger partial charge >= 0.3 is 0 Å². The van der Waals surface area contributed by atoms with Gasteiger partial charge in [-0.05, 0) is 43.0 Å². The first-order valence-corrected chi connectivity index (χ1v) is 7.43. The van der Waals surface area contributed by atoms with Gasteiger partial charge in [0.2, 0.25) is 0 Å². The molecule has 1 N–H and O–H groups in total. The zero-order chi connectivity index (χ0) is 13.7. The fraction of sp³-hybridized carbons (Fsp3) is 0.294. The second-order valence-electron chi connectivity index (χ2n) is 4.92. The number of aryl methyl sites for hydroxylation is 1. The lowest BCUT2D eigenvalue weighted by atomic mass is 9.88. The van der Waals surface area contributed by atoms with Crippen LogP contribution in [0, 0.1) is 0 Å². The van der Waals surface area contributed by atoms with Crippen molar-refractivity contribution in [1.82, 2.24) is 0 Å². The summed E-state index contributed by atoms with van der Waals surface area (Å²) in [6, 6.07) is 18.7. The van der Waals surface area contributed by atoms with E-state index in [1.54, 1.807) is 0 Å². The van der Waals surface area contributed by atoms with E-state index in [4.69, 9.17) is 0 Å². The lowest BCUT2D eigenvalue weighted by Crippen LogP contribution is -2.15. The molecule has 100 valence electrons. The third-order valence-corrected chi connectivity index (χ3v) is 4.00. The molecule has 2 rings (SSSR count). The molecule has 2 atom stereocenters. The topological polar surface area (TPSA) is 20.2 Å². The number of rotatable bonds is 5. The predicted molar refractivity (Wildman–Crippen MR) is 83.3 cm³/mol. The Morgan fingerprint density at radius 1 is 1.00 bits per heavy atom. The highest BCUT2D eigenvalue weighted by Crippen LogP contribution is 2.26. The lowest BCUT2D eigenvalue weighted by Gasteiger charge is -2.20. The monoisotopic (exact) mass is 318 g/mol. The van der Waals surface area contributed by atoms with Crippen LogP contribution in [-0.4, -0.2) is 11.2 Å². The van der Waals surface area contributed by atoms with E-state index in [1.165, 1.54) is 11.1 Å². The molecular weight excluding hydrogens is 300 g/mol. The van der Waals surface area contributed by atoms with Gasteiger partial charge in [0.15, 0.2) is 0 Å². The summed E-state index contributed by atoms with van der Waals surface area (Å²) >= 11 is 3.44. The molecule has 0 saturated carbocycles. The Hall–Kier alpha value is -1.12. The molecule has 0 spiro atoms. The summed E-state index contributed by atoms with van der Waals surface area (Å²) in [5.74, 6) is 0.188. The fourth-order valence-electron chi connectivity index (χ4n) is 2.36. The van der Waals surface area contributed by atoms with Crippen LogP contribution in [0.3, 0.4) is 0 Å². The number of aliphatic hydroxyl groups excluding tert-OH is 1. The Morgan fingerprint density at radius 2 is 1.63 bits per heavy atom. The van der Waals surface area contributed by atoms with Crippen molar-refractivity contribution < 1.29 is 5.11 Å². The van der Waals surface area contributed by atoms with Crippen LogP contribution in [0.25, 0.3) is 0 Å². The second kappa shape index (κ2) is 6.88. The van der Waals surface area contributed by atoms with Crippen molar-refractivity contribution in [3.63, 3.8) is 0 Å². The first-order valence-electron chi connectivity index (χ1n) is 6.64. The first-order chi connectivity index (χ1) is 9.16. The molecule has 2 unspecified atom stereocenters. The first kappa shape index (κ1) is 14.3. The molecule has 0 aliphatic carbocycles. The van der Waals surface area contributed by atoms with E-state index < -0.39 is 0 Å². The number of halogens is 1. The molecule has 0 saturated heterocycles. The van der Waals surface area contributed by atoms with Gasteiger partial charge in [0.1, 0.15) is 0 Å². The molecule has 0 aliphatic rings. The minimum absolute atomic E-state index is 0.188. The van der Waals surface area contributed by atoms with E-state index >= 15 is 0 Å². The molecule has 0 aliphatic heterocycles. The van der Waals surface area contributed by atoms with Gasteiger partial charge in [-0.15, -0.1) is 0 Å². The summed E-state index contributed by atoms with van der Waals surface area (Å²) in [6.07, 6.45) is 1.63. The average molecular weight is 319 g/mol. The van der Waals surface area contributed by atoms with Gasteiger partial charge in [-0.3, -0.25) is 0 Å². The zero-order valence-electron chi connectivity index (χ0n) is 11.1. The van der Waals surface area contributed by atoms with Crippen LogP contribution in [0.15, 0.2) is 59.1 Å². The third-order valence-electron chi connectivity index (χ3n) is 3.47. The Morgan fingerprint density at radius 3 is 2.21 bits per heavy atom. The maximum Gasteiger partial charge on any atom is 0.0580 e. The van der Waals surface area contributed by atoms with E-state index in [0.29, 0.717) is 0 Å². The maximum absolute atomic E-state index is 10.0. The zero-order valence-corrected chi connectivity index (χ0v) is 12.7. The van der Waals surface area contributed by atoms with E-state index in [2.05, 4.69) is 52.3 Å². The molecule has 0 aromatic heterocycles. The van der Waals surface area contributed by atoms with Crippen molar-refractivity contribution in [3.05, 3.63) is 70.2 Å². The fourth-order valence-corrected chi connectivity index (χ4v) is 2.63. The largest absolute Gasteiger partial charge is 0.393 e. The Bertz CT molecular complexity index is 490. The van der Waals surface area contributed by atoms with E-state index in [-0.39, 0.29) is 12.0 Å². The molecule has 19 heavy (non-hydrogen) atoms. The van der Waals surface area contributed by atoms with Crippen LogP contribution < -0.4 is 0 Å². The number of benzene rings is 2. The summed E-state index contributed by atoms with van der Waals surface area (Å²) in [5, 5.41) is 10.0. The molecule has 0 fully saturated rings. The van der Waals surface area contributed by atoms with Crippen molar-refractivity contribution in [1.29, 1.82) is 0 Å². The van der Waals surface area contributed by atoms with Crippen molar-refractivity contribution in [2.75, 3.05) is 0 Å². The Kier molecular flexibility index (Phi) is 5.17. The van der Waals surface area contributed by atoms with Gasteiger partial charge in [-0.1, -0.05) is 58.4 Å². The van der Waals surface area contributed by atoms with Crippen LogP contribution in [-0.2, 0) is 6.42 Å². The molecule has 2 aromatic carbocycles. The summed E-state index contributed by atoms with van der Waals surface area (Å²) in [7, 11) is 0. The summed E-state index contributed by atoms with van der Waals surface area (Å²) < 4.78 is 1.07. The van der Waals surface area contributed by atoms with Crippen molar-refractivity contribution in [2.24, 2.45) is 0 Å². The van der Waals surface area contributed by atoms with Crippen LogP contribution in [0.4, 0.5) is 0 Å². The van der Waals surface area contributed by atoms with Crippen LogP contribution in [0.1, 0.15) is 30.4 Å². The Labute approximate surface area is 123 Å². The standard InChI is InChI=1S/C17H19BrO/c1-13(19)17(15-8-10-16(18)11-9-15)12-7-14-5-3-2-4-6-14/h2-6,8-11,13,17,19H,7,12H2,1H3. The third kappa shape index (κ3) is 4.19. The molecular formula is C17H19BrO. The number of hydrogen-bond acceptors (Lipinski definition) is 1. The highest BCUT2D eigenvalue weighted by atomic mass is 79.9. The normalized spacial score (nSPS) is 14.1. The average Bonchev–Trinajstić information content (AvgIpc) is 2.42. The van der Waals surface area contributed by atoms with Gasteiger partial charge in [-0.25, -0.2) is 0 Å². The van der Waals surface area contributed by atoms with Gasteiger partial charge in [0.05, 0.1) is 6.10 Å². The van der Waals surface area contributed by atoms with Crippen molar-refractivity contribution in [3.8, 4) is 0 Å². The van der Waals surface area contributed by atoms with E-state index in [0.717, 1.165) is 17.3 Å². The predicted octanol–water partition coefficient (Wildman–Crippen LogP) is 4.55. The molecule has 2 heteroatoms. The summed E-state index contributed by atoms with van der Waals surface area (Å²) in [4.78, 5) is 0. The van der Waals surface area contributed by atoms with E-state index in [9.17, 15) is 5.11 Å². The smallest absolute Gasteiger partial charge is 0.0580 e. The van der Waals surface area contributed by atoms with Crippen LogP contribution >= 0.6 is 15.9 Å². The molecule has 2 aromatic rings. The quantitative estimate of drug-likeness (QED) is 0.857. The van der Waals surface area contributed by atoms with Crippen molar-refractivity contribution >= 4 is 15.9 Å². The van der Waals surface area contributed by atoms with Crippen LogP contribution in [0.2, 0.25) is 0 Å². The maximum atomic E-state index is 10.0. The van der Waals surface area contributed by atoms with Gasteiger partial charge in [0, 0.05) is 10.4 Å². The molecule has 1 nitrogen and oxygen atoms in total. The van der Waals surface area contributed by atoms with Crippen molar-refractivity contribution in [2.45, 2.75) is 31.8 Å². The molecule has 0 amide bonds. The van der Waals surface area contributed by atoms with E-state index in [1.807, 2.05) is 25.1 Å². The minimum Gasteiger partial charge on any atom is -0.393 e. The summed E-state index contributed by atoms with van der Waals surface area (Å²) in [5.41, 5.74) is 2.53. The minimum atomic E-state index is -0.329. The van der Waals surface area contributed by atoms with Crippen LogP contribution in [0.5, 0.6) is 0 Å². The Balaban J connectivity index is 2.06. The molecule has 0 radical (unpaired) electrons. The number of hydrogen-bond donors (Lipinski definition) is 1. The second-order valence-corrected chi connectivity index (χ2v) is 5.84. The summed E-state index contributed by atoms with van der Waals surface area (Å²) in [6.45, 7) is 1.87.